The van der Waals surface area contributed by atoms with Crippen molar-refractivity contribution in [1.82, 2.24) is 5.32 Å². The molecule has 2 rings (SSSR count). The molecule has 0 aromatic heterocycles. The number of carbonyl (C=O) groups excluding carboxylic acids is 1. The number of carbonyl (C=O) groups is 1. The van der Waals surface area contributed by atoms with Gasteiger partial charge in [0.15, 0.2) is 11.5 Å². The Hall–Kier alpha value is -2.69. The van der Waals surface area contributed by atoms with E-state index in [9.17, 15) is 15.0 Å². The zero-order valence-corrected chi connectivity index (χ0v) is 12.0. The van der Waals surface area contributed by atoms with Crippen molar-refractivity contribution in [1.29, 1.82) is 0 Å². The minimum Gasteiger partial charge on any atom is -0.504 e. The van der Waals surface area contributed by atoms with Crippen molar-refractivity contribution >= 4 is 11.6 Å². The van der Waals surface area contributed by atoms with Gasteiger partial charge < -0.3 is 20.8 Å². The molecule has 0 bridgehead atoms. The van der Waals surface area contributed by atoms with Crippen molar-refractivity contribution in [2.24, 2.45) is 0 Å². The van der Waals surface area contributed by atoms with Gasteiger partial charge in [0.05, 0.1) is 0 Å². The van der Waals surface area contributed by atoms with E-state index >= 15 is 0 Å². The predicted octanol–water partition coefficient (Wildman–Crippen LogP) is 2.38. The summed E-state index contributed by atoms with van der Waals surface area (Å²) in [7, 11) is 1.59. The number of phenolic OH excluding ortho intramolecular Hbond substituents is 2. The van der Waals surface area contributed by atoms with Crippen LogP contribution < -0.4 is 10.6 Å². The minimum atomic E-state index is -0.148. The number of benzene rings is 2. The monoisotopic (exact) mass is 286 g/mol. The molecule has 5 heteroatoms. The van der Waals surface area contributed by atoms with Crippen LogP contribution in [0.5, 0.6) is 11.5 Å². The molecule has 0 unspecified atom stereocenters. The molecule has 2 aromatic rings. The maximum absolute atomic E-state index is 11.6. The van der Waals surface area contributed by atoms with Crippen LogP contribution in [0, 0.1) is 6.92 Å². The molecule has 4 N–H and O–H groups in total. The Kier molecular flexibility index (Phi) is 4.33. The number of phenols is 2. The van der Waals surface area contributed by atoms with Crippen molar-refractivity contribution in [3.05, 3.63) is 53.1 Å². The van der Waals surface area contributed by atoms with E-state index in [2.05, 4.69) is 10.6 Å². The number of rotatable bonds is 4. The first-order valence-electron chi connectivity index (χ1n) is 6.58. The Morgan fingerprint density at radius 1 is 1.10 bits per heavy atom. The van der Waals surface area contributed by atoms with Crippen LogP contribution in [0.4, 0.5) is 5.69 Å². The maximum Gasteiger partial charge on any atom is 0.251 e. The maximum atomic E-state index is 11.6. The Morgan fingerprint density at radius 3 is 2.52 bits per heavy atom. The van der Waals surface area contributed by atoms with E-state index in [0.29, 0.717) is 12.1 Å². The van der Waals surface area contributed by atoms with E-state index in [0.717, 1.165) is 16.8 Å². The largest absolute Gasteiger partial charge is 0.504 e. The zero-order chi connectivity index (χ0) is 15.4. The van der Waals surface area contributed by atoms with E-state index in [1.165, 1.54) is 12.1 Å². The van der Waals surface area contributed by atoms with E-state index in [1.54, 1.807) is 25.2 Å². The summed E-state index contributed by atoms with van der Waals surface area (Å²) in [4.78, 5) is 11.6. The van der Waals surface area contributed by atoms with E-state index in [4.69, 9.17) is 0 Å². The van der Waals surface area contributed by atoms with E-state index in [1.807, 2.05) is 13.0 Å². The van der Waals surface area contributed by atoms with Crippen LogP contribution >= 0.6 is 0 Å². The molecule has 0 saturated carbocycles. The van der Waals surface area contributed by atoms with Gasteiger partial charge in [0.1, 0.15) is 0 Å². The molecule has 0 fully saturated rings. The zero-order valence-electron chi connectivity index (χ0n) is 12.0. The first kappa shape index (κ1) is 14.7. The topological polar surface area (TPSA) is 81.6 Å². The Morgan fingerprint density at radius 2 is 1.86 bits per heavy atom. The quantitative estimate of drug-likeness (QED) is 0.650. The van der Waals surface area contributed by atoms with Crippen LogP contribution in [0.25, 0.3) is 0 Å². The van der Waals surface area contributed by atoms with E-state index in [-0.39, 0.29) is 17.4 Å². The molecule has 21 heavy (non-hydrogen) atoms. The lowest BCUT2D eigenvalue weighted by molar-refractivity contribution is 0.0963. The molecule has 0 atom stereocenters. The van der Waals surface area contributed by atoms with Crippen LogP contribution in [0.15, 0.2) is 36.4 Å². The van der Waals surface area contributed by atoms with Crippen LogP contribution in [0.3, 0.4) is 0 Å². The van der Waals surface area contributed by atoms with Crippen molar-refractivity contribution in [3.8, 4) is 11.5 Å². The second-order valence-electron chi connectivity index (χ2n) is 4.79. The number of aryl methyl sites for hydroxylation is 1. The molecule has 0 spiro atoms. The average molecular weight is 286 g/mol. The number of aromatic hydroxyl groups is 2. The molecule has 0 aliphatic carbocycles. The van der Waals surface area contributed by atoms with Crippen LogP contribution in [-0.4, -0.2) is 23.2 Å². The summed E-state index contributed by atoms with van der Waals surface area (Å²) >= 11 is 0. The van der Waals surface area contributed by atoms with Crippen molar-refractivity contribution in [3.63, 3.8) is 0 Å². The number of amides is 1. The van der Waals surface area contributed by atoms with Gasteiger partial charge in [-0.25, -0.2) is 0 Å². The van der Waals surface area contributed by atoms with Crippen LogP contribution in [0.1, 0.15) is 21.5 Å². The molecule has 0 heterocycles. The third-order valence-electron chi connectivity index (χ3n) is 3.25. The van der Waals surface area contributed by atoms with Crippen molar-refractivity contribution in [2.45, 2.75) is 13.5 Å². The van der Waals surface area contributed by atoms with Gasteiger partial charge in [-0.15, -0.1) is 0 Å². The molecule has 2 aromatic carbocycles. The van der Waals surface area contributed by atoms with Gasteiger partial charge >= 0.3 is 0 Å². The highest BCUT2D eigenvalue weighted by atomic mass is 16.3. The highest BCUT2D eigenvalue weighted by Gasteiger charge is 2.07. The van der Waals surface area contributed by atoms with Gasteiger partial charge in [0.25, 0.3) is 5.91 Å². The van der Waals surface area contributed by atoms with Crippen LogP contribution in [0.2, 0.25) is 0 Å². The summed E-state index contributed by atoms with van der Waals surface area (Å²) in [5, 5.41) is 24.6. The fourth-order valence-corrected chi connectivity index (χ4v) is 1.97. The smallest absolute Gasteiger partial charge is 0.251 e. The molecule has 0 aliphatic heterocycles. The number of hydrogen-bond donors (Lipinski definition) is 4. The highest BCUT2D eigenvalue weighted by Crippen LogP contribution is 2.25. The van der Waals surface area contributed by atoms with Gasteiger partial charge in [-0.3, -0.25) is 4.79 Å². The fraction of sp³-hybridized carbons (Fsp3) is 0.188. The van der Waals surface area contributed by atoms with Gasteiger partial charge in [-0.2, -0.15) is 0 Å². The van der Waals surface area contributed by atoms with E-state index < -0.39 is 0 Å². The number of anilines is 1. The van der Waals surface area contributed by atoms with Crippen molar-refractivity contribution < 1.29 is 15.0 Å². The van der Waals surface area contributed by atoms with Gasteiger partial charge in [0.2, 0.25) is 0 Å². The normalized spacial score (nSPS) is 10.2. The third kappa shape index (κ3) is 3.45. The average Bonchev–Trinajstić information content (AvgIpc) is 2.49. The Bertz CT molecular complexity index is 669. The van der Waals surface area contributed by atoms with Gasteiger partial charge in [0, 0.05) is 24.8 Å². The molecular weight excluding hydrogens is 268 g/mol. The molecule has 0 radical (unpaired) electrons. The van der Waals surface area contributed by atoms with Gasteiger partial charge in [-0.05, 0) is 42.3 Å². The molecular formula is C16H18N2O3. The molecule has 5 nitrogen and oxygen atoms in total. The predicted molar refractivity (Wildman–Crippen MR) is 81.7 cm³/mol. The summed E-state index contributed by atoms with van der Waals surface area (Å²) in [6.45, 7) is 2.43. The van der Waals surface area contributed by atoms with Gasteiger partial charge in [-0.1, -0.05) is 12.1 Å². The second-order valence-corrected chi connectivity index (χ2v) is 4.79. The Balaban J connectivity index is 2.15. The summed E-state index contributed by atoms with van der Waals surface area (Å²) in [5.74, 6) is -0.429. The fourth-order valence-electron chi connectivity index (χ4n) is 1.97. The summed E-state index contributed by atoms with van der Waals surface area (Å²) in [5.41, 5.74) is 3.28. The lowest BCUT2D eigenvalue weighted by Gasteiger charge is -2.12. The first-order valence-corrected chi connectivity index (χ1v) is 6.58. The molecule has 110 valence electrons. The number of nitrogens with one attached hydrogen (secondary N) is 2. The lowest BCUT2D eigenvalue weighted by Crippen LogP contribution is -2.18. The molecule has 0 saturated heterocycles. The summed E-state index contributed by atoms with van der Waals surface area (Å²) in [6.07, 6.45) is 0. The third-order valence-corrected chi connectivity index (χ3v) is 3.25. The molecule has 0 aliphatic rings. The summed E-state index contributed by atoms with van der Waals surface area (Å²) in [6, 6.07) is 10.1. The standard InChI is InChI=1S/C16H18N2O3/c1-10-3-5-12(16(21)17-2)8-13(10)18-9-11-4-6-14(19)15(20)7-11/h3-8,18-20H,9H2,1-2H3,(H,17,21). The lowest BCUT2D eigenvalue weighted by atomic mass is 10.1. The highest BCUT2D eigenvalue weighted by molar-refractivity contribution is 5.95. The number of hydrogen-bond acceptors (Lipinski definition) is 4. The molecule has 1 amide bonds. The first-order chi connectivity index (χ1) is 10.0. The van der Waals surface area contributed by atoms with Crippen LogP contribution in [-0.2, 0) is 6.54 Å². The minimum absolute atomic E-state index is 0.139. The Labute approximate surface area is 123 Å². The van der Waals surface area contributed by atoms with Crippen molar-refractivity contribution in [2.75, 3.05) is 12.4 Å². The second kappa shape index (κ2) is 6.17. The SMILES string of the molecule is CNC(=O)c1ccc(C)c(NCc2ccc(O)c(O)c2)c1. The summed E-state index contributed by atoms with van der Waals surface area (Å²) < 4.78 is 0.